The van der Waals surface area contributed by atoms with E-state index >= 15 is 0 Å². The Kier molecular flexibility index (Phi) is 6.27. The molecule has 2 N–H and O–H groups in total. The number of non-ortho nitro benzene ring substituents is 1. The third kappa shape index (κ3) is 4.75. The molecule has 9 heteroatoms. The van der Waals surface area contributed by atoms with E-state index in [9.17, 15) is 10.1 Å². The van der Waals surface area contributed by atoms with Crippen molar-refractivity contribution < 1.29 is 4.92 Å². The van der Waals surface area contributed by atoms with Gasteiger partial charge in [-0.1, -0.05) is 6.07 Å². The quantitative estimate of drug-likeness (QED) is 0.327. The number of hydrogen-bond acceptors (Lipinski definition) is 4. The molecule has 0 amide bonds. The monoisotopic (exact) mass is 411 g/mol. The number of halogens is 1. The molecule has 0 atom stereocenters. The zero-order valence-electron chi connectivity index (χ0n) is 13.4. The Bertz CT molecular complexity index is 762. The summed E-state index contributed by atoms with van der Waals surface area (Å²) >= 11 is 8.71. The summed E-state index contributed by atoms with van der Waals surface area (Å²) in [5.41, 5.74) is 2.69. The minimum Gasteiger partial charge on any atom is -0.362 e. The highest BCUT2D eigenvalue weighted by Gasteiger charge is 2.08. The molecule has 128 valence electrons. The van der Waals surface area contributed by atoms with Crippen molar-refractivity contribution in [3.8, 4) is 0 Å². The molecule has 0 spiro atoms. The van der Waals surface area contributed by atoms with Crippen LogP contribution >= 0.6 is 28.1 Å². The molecule has 0 unspecified atom stereocenters. The Morgan fingerprint density at radius 1 is 1.46 bits per heavy atom. The molecule has 0 aliphatic rings. The minimum atomic E-state index is -0.436. The summed E-state index contributed by atoms with van der Waals surface area (Å²) in [5.74, 6) is 0. The Labute approximate surface area is 153 Å². The smallest absolute Gasteiger partial charge is 0.271 e. The summed E-state index contributed by atoms with van der Waals surface area (Å²) in [6.45, 7) is 5.44. The molecule has 2 aromatic rings. The highest BCUT2D eigenvalue weighted by Crippen LogP contribution is 2.20. The molecule has 2 rings (SSSR count). The highest BCUT2D eigenvalue weighted by molar-refractivity contribution is 9.10. The van der Waals surface area contributed by atoms with Gasteiger partial charge in [0.25, 0.3) is 5.69 Å². The first-order chi connectivity index (χ1) is 11.4. The number of nitrogens with zero attached hydrogens (tertiary/aromatic N) is 3. The molecule has 0 fully saturated rings. The number of nitro benzene ring substituents is 1. The maximum atomic E-state index is 10.8. The molecule has 0 saturated heterocycles. The number of aromatic nitrogens is 2. The molecular formula is C15H18BrN5O2S. The molecule has 0 saturated carbocycles. The molecule has 24 heavy (non-hydrogen) atoms. The lowest BCUT2D eigenvalue weighted by atomic mass is 10.3. The van der Waals surface area contributed by atoms with E-state index in [-0.39, 0.29) is 5.69 Å². The Hall–Kier alpha value is -2.00. The second-order valence-electron chi connectivity index (χ2n) is 5.25. The first kappa shape index (κ1) is 18.3. The molecule has 0 aliphatic heterocycles. The molecule has 1 aromatic carbocycles. The van der Waals surface area contributed by atoms with E-state index in [1.807, 2.05) is 18.5 Å². The van der Waals surface area contributed by atoms with Gasteiger partial charge in [-0.25, -0.2) is 0 Å². The number of rotatable bonds is 6. The first-order valence-corrected chi connectivity index (χ1v) is 8.57. The summed E-state index contributed by atoms with van der Waals surface area (Å²) < 4.78 is 3.00. The summed E-state index contributed by atoms with van der Waals surface area (Å²) in [6.07, 6.45) is 0.852. The average Bonchev–Trinajstić information content (AvgIpc) is 2.79. The van der Waals surface area contributed by atoms with Crippen LogP contribution in [0.2, 0.25) is 0 Å². The third-order valence-corrected chi connectivity index (χ3v) is 4.83. The van der Waals surface area contributed by atoms with Gasteiger partial charge in [-0.05, 0) is 54.5 Å². The maximum Gasteiger partial charge on any atom is 0.271 e. The lowest BCUT2D eigenvalue weighted by molar-refractivity contribution is -0.384. The van der Waals surface area contributed by atoms with Crippen molar-refractivity contribution in [2.75, 3.05) is 11.9 Å². The van der Waals surface area contributed by atoms with Crippen LogP contribution in [0.4, 0.5) is 11.4 Å². The van der Waals surface area contributed by atoms with Crippen LogP contribution in [-0.4, -0.2) is 26.4 Å². The molecule has 0 radical (unpaired) electrons. The van der Waals surface area contributed by atoms with Gasteiger partial charge in [-0.2, -0.15) is 5.10 Å². The van der Waals surface area contributed by atoms with Crippen molar-refractivity contribution in [1.82, 2.24) is 15.1 Å². The summed E-state index contributed by atoms with van der Waals surface area (Å²) in [7, 11) is 0. The van der Waals surface area contributed by atoms with E-state index in [2.05, 4.69) is 31.7 Å². The standard InChI is InChI=1S/C15H18BrN5O2S/c1-10-14(16)11(2)20(19-10)8-4-7-17-15(24)18-12-5-3-6-13(9-12)21(22)23/h3,5-6,9H,4,7-8H2,1-2H3,(H2,17,18,24). The summed E-state index contributed by atoms with van der Waals surface area (Å²) in [4.78, 5) is 10.3. The lowest BCUT2D eigenvalue weighted by Gasteiger charge is -2.11. The zero-order chi connectivity index (χ0) is 17.7. The van der Waals surface area contributed by atoms with Crippen molar-refractivity contribution in [2.45, 2.75) is 26.8 Å². The largest absolute Gasteiger partial charge is 0.362 e. The lowest BCUT2D eigenvalue weighted by Crippen LogP contribution is -2.29. The van der Waals surface area contributed by atoms with Crippen molar-refractivity contribution in [2.24, 2.45) is 0 Å². The number of nitro groups is 1. The fourth-order valence-electron chi connectivity index (χ4n) is 2.20. The fourth-order valence-corrected chi connectivity index (χ4v) is 2.70. The van der Waals surface area contributed by atoms with Crippen molar-refractivity contribution in [3.63, 3.8) is 0 Å². The second kappa shape index (κ2) is 8.20. The molecule has 0 bridgehead atoms. The Balaban J connectivity index is 1.78. The zero-order valence-corrected chi connectivity index (χ0v) is 15.8. The molecule has 7 nitrogen and oxygen atoms in total. The van der Waals surface area contributed by atoms with Crippen LogP contribution in [0.5, 0.6) is 0 Å². The summed E-state index contributed by atoms with van der Waals surface area (Å²) in [5, 5.41) is 21.7. The van der Waals surface area contributed by atoms with Crippen LogP contribution in [0.15, 0.2) is 28.7 Å². The SMILES string of the molecule is Cc1nn(CCCNC(=S)Nc2cccc([N+](=O)[O-])c2)c(C)c1Br. The van der Waals surface area contributed by atoms with E-state index < -0.39 is 4.92 Å². The van der Waals surface area contributed by atoms with Crippen LogP contribution in [0, 0.1) is 24.0 Å². The number of aryl methyl sites for hydroxylation is 2. The van der Waals surface area contributed by atoms with Gasteiger partial charge < -0.3 is 10.6 Å². The van der Waals surface area contributed by atoms with Gasteiger partial charge >= 0.3 is 0 Å². The van der Waals surface area contributed by atoms with Crippen LogP contribution in [0.25, 0.3) is 0 Å². The van der Waals surface area contributed by atoms with Crippen LogP contribution in [0.3, 0.4) is 0 Å². The molecular weight excluding hydrogens is 394 g/mol. The predicted molar refractivity (Wildman–Crippen MR) is 101 cm³/mol. The average molecular weight is 412 g/mol. The van der Waals surface area contributed by atoms with E-state index in [1.54, 1.807) is 12.1 Å². The Morgan fingerprint density at radius 2 is 2.21 bits per heavy atom. The van der Waals surface area contributed by atoms with Gasteiger partial charge in [-0.3, -0.25) is 14.8 Å². The van der Waals surface area contributed by atoms with Gasteiger partial charge in [0.1, 0.15) is 0 Å². The van der Waals surface area contributed by atoms with Crippen molar-refractivity contribution >= 4 is 44.6 Å². The molecule has 1 heterocycles. The first-order valence-electron chi connectivity index (χ1n) is 7.37. The van der Waals surface area contributed by atoms with Crippen LogP contribution < -0.4 is 10.6 Å². The predicted octanol–water partition coefficient (Wildman–Crippen LogP) is 3.55. The normalized spacial score (nSPS) is 10.5. The van der Waals surface area contributed by atoms with Gasteiger partial charge in [0.2, 0.25) is 0 Å². The van der Waals surface area contributed by atoms with Crippen LogP contribution in [0.1, 0.15) is 17.8 Å². The van der Waals surface area contributed by atoms with Gasteiger partial charge in [0, 0.05) is 36.6 Å². The van der Waals surface area contributed by atoms with Gasteiger partial charge in [-0.15, -0.1) is 0 Å². The molecule has 0 aliphatic carbocycles. The number of benzene rings is 1. The Morgan fingerprint density at radius 3 is 2.83 bits per heavy atom. The van der Waals surface area contributed by atoms with Crippen LogP contribution in [-0.2, 0) is 6.54 Å². The van der Waals surface area contributed by atoms with E-state index in [1.165, 1.54) is 12.1 Å². The van der Waals surface area contributed by atoms with Crippen molar-refractivity contribution in [3.05, 3.63) is 50.2 Å². The number of hydrogen-bond donors (Lipinski definition) is 2. The van der Waals surface area contributed by atoms with E-state index in [0.717, 1.165) is 28.8 Å². The van der Waals surface area contributed by atoms with E-state index in [4.69, 9.17) is 12.2 Å². The maximum absolute atomic E-state index is 10.8. The molecule has 1 aromatic heterocycles. The number of thiocarbonyl (C=S) groups is 1. The highest BCUT2D eigenvalue weighted by atomic mass is 79.9. The van der Waals surface area contributed by atoms with Crippen molar-refractivity contribution in [1.29, 1.82) is 0 Å². The topological polar surface area (TPSA) is 85.0 Å². The van der Waals surface area contributed by atoms with Gasteiger partial charge in [0.15, 0.2) is 5.11 Å². The fraction of sp³-hybridized carbons (Fsp3) is 0.333. The van der Waals surface area contributed by atoms with E-state index in [0.29, 0.717) is 17.3 Å². The second-order valence-corrected chi connectivity index (χ2v) is 6.45. The third-order valence-electron chi connectivity index (χ3n) is 3.44. The summed E-state index contributed by atoms with van der Waals surface area (Å²) in [6, 6.07) is 6.23. The van der Waals surface area contributed by atoms with Gasteiger partial charge in [0.05, 0.1) is 15.1 Å². The number of anilines is 1. The number of nitrogens with one attached hydrogen (secondary N) is 2. The minimum absolute atomic E-state index is 0.0258.